The summed E-state index contributed by atoms with van der Waals surface area (Å²) < 4.78 is 14.1. The predicted octanol–water partition coefficient (Wildman–Crippen LogP) is 6.91. The van der Waals surface area contributed by atoms with E-state index in [1.807, 2.05) is 23.6 Å². The molecule has 0 aliphatic carbocycles. The maximum Gasteiger partial charge on any atom is 0.323 e. The van der Waals surface area contributed by atoms with E-state index < -0.39 is 6.03 Å². The van der Waals surface area contributed by atoms with Crippen molar-refractivity contribution in [3.05, 3.63) is 89.0 Å². The summed E-state index contributed by atoms with van der Waals surface area (Å²) in [5.74, 6) is -0.319. The zero-order valence-corrected chi connectivity index (χ0v) is 16.6. The minimum Gasteiger partial charge on any atom is -0.308 e. The summed E-state index contributed by atoms with van der Waals surface area (Å²) in [6, 6.07) is 20.3. The van der Waals surface area contributed by atoms with Crippen LogP contribution in [-0.2, 0) is 0 Å². The fraction of sp³-hybridized carbons (Fsp3) is 0. The number of thiazole rings is 1. The highest BCUT2D eigenvalue weighted by molar-refractivity contribution is 7.13. The second-order valence-corrected chi connectivity index (χ2v) is 7.45. The van der Waals surface area contributed by atoms with Crippen LogP contribution < -0.4 is 10.6 Å². The highest BCUT2D eigenvalue weighted by Crippen LogP contribution is 2.33. The van der Waals surface area contributed by atoms with Gasteiger partial charge in [0.2, 0.25) is 0 Å². The number of nitrogens with one attached hydrogen (secondary N) is 2. The number of rotatable bonds is 4. The first-order chi connectivity index (χ1) is 14.1. The number of benzene rings is 3. The third-order valence-electron chi connectivity index (χ3n) is 4.14. The normalized spacial score (nSPS) is 10.6. The molecule has 3 aromatic carbocycles. The first-order valence-electron chi connectivity index (χ1n) is 8.73. The molecule has 0 saturated carbocycles. The highest BCUT2D eigenvalue weighted by Gasteiger charge is 2.14. The zero-order chi connectivity index (χ0) is 20.2. The second kappa shape index (κ2) is 8.43. The third kappa shape index (κ3) is 4.45. The van der Waals surface area contributed by atoms with Crippen LogP contribution in [0, 0.1) is 5.82 Å². The number of para-hydroxylation sites is 1. The number of hydrogen-bond donors (Lipinski definition) is 2. The molecule has 2 N–H and O–H groups in total. The molecule has 0 unspecified atom stereocenters. The van der Waals surface area contributed by atoms with Crippen LogP contribution in [0.5, 0.6) is 0 Å². The Morgan fingerprint density at radius 1 is 0.931 bits per heavy atom. The Hall–Kier alpha value is -3.22. The van der Waals surface area contributed by atoms with Crippen molar-refractivity contribution in [2.45, 2.75) is 0 Å². The van der Waals surface area contributed by atoms with Crippen LogP contribution in [0.2, 0.25) is 5.02 Å². The van der Waals surface area contributed by atoms with E-state index in [-0.39, 0.29) is 5.82 Å². The molecule has 0 fully saturated rings. The van der Waals surface area contributed by atoms with Gasteiger partial charge in [0, 0.05) is 27.2 Å². The molecule has 0 aliphatic heterocycles. The van der Waals surface area contributed by atoms with E-state index in [1.54, 1.807) is 48.5 Å². The topological polar surface area (TPSA) is 54.0 Å². The number of aromatic nitrogens is 1. The van der Waals surface area contributed by atoms with Gasteiger partial charge in [0.25, 0.3) is 0 Å². The van der Waals surface area contributed by atoms with Crippen molar-refractivity contribution in [3.8, 4) is 21.8 Å². The molecule has 7 heteroatoms. The van der Waals surface area contributed by atoms with Crippen LogP contribution in [-0.4, -0.2) is 11.0 Å². The SMILES string of the molecule is O=C(Nc1cccc(Cl)c1)Nc1ccccc1-c1csc(-c2ccccc2F)n1. The summed E-state index contributed by atoms with van der Waals surface area (Å²) >= 11 is 7.30. The number of hydrogen-bond acceptors (Lipinski definition) is 3. The third-order valence-corrected chi connectivity index (χ3v) is 5.25. The van der Waals surface area contributed by atoms with Gasteiger partial charge in [-0.05, 0) is 36.4 Å². The molecule has 0 bridgehead atoms. The highest BCUT2D eigenvalue weighted by atomic mass is 35.5. The van der Waals surface area contributed by atoms with Crippen molar-refractivity contribution in [1.29, 1.82) is 0 Å². The lowest BCUT2D eigenvalue weighted by atomic mass is 10.1. The Kier molecular flexibility index (Phi) is 5.55. The van der Waals surface area contributed by atoms with Gasteiger partial charge in [-0.2, -0.15) is 0 Å². The average Bonchev–Trinajstić information content (AvgIpc) is 3.18. The molecule has 0 atom stereocenters. The van der Waals surface area contributed by atoms with Crippen molar-refractivity contribution in [2.75, 3.05) is 10.6 Å². The maximum absolute atomic E-state index is 14.1. The quantitative estimate of drug-likeness (QED) is 0.374. The van der Waals surface area contributed by atoms with Gasteiger partial charge in [0.1, 0.15) is 10.8 Å². The summed E-state index contributed by atoms with van der Waals surface area (Å²) in [7, 11) is 0. The number of urea groups is 1. The average molecular weight is 424 g/mol. The number of anilines is 2. The van der Waals surface area contributed by atoms with Gasteiger partial charge in [0.05, 0.1) is 11.4 Å². The van der Waals surface area contributed by atoms with Gasteiger partial charge in [-0.15, -0.1) is 11.3 Å². The molecule has 2 amide bonds. The molecule has 1 aromatic heterocycles. The van der Waals surface area contributed by atoms with E-state index in [1.165, 1.54) is 17.4 Å². The summed E-state index contributed by atoms with van der Waals surface area (Å²) in [6.07, 6.45) is 0. The number of carbonyl (C=O) groups excluding carboxylic acids is 1. The maximum atomic E-state index is 14.1. The van der Waals surface area contributed by atoms with Gasteiger partial charge in [-0.3, -0.25) is 0 Å². The van der Waals surface area contributed by atoms with E-state index in [4.69, 9.17) is 11.6 Å². The van der Waals surface area contributed by atoms with E-state index in [2.05, 4.69) is 15.6 Å². The van der Waals surface area contributed by atoms with Gasteiger partial charge >= 0.3 is 6.03 Å². The molecule has 0 radical (unpaired) electrons. The van der Waals surface area contributed by atoms with Crippen LogP contribution in [0.3, 0.4) is 0 Å². The molecular formula is C22H15ClFN3OS. The monoisotopic (exact) mass is 423 g/mol. The zero-order valence-electron chi connectivity index (χ0n) is 15.0. The summed E-state index contributed by atoms with van der Waals surface area (Å²) in [4.78, 5) is 17.0. The Labute approximate surface area is 176 Å². The summed E-state index contributed by atoms with van der Waals surface area (Å²) in [5.41, 5.74) is 3.03. The Bertz CT molecular complexity index is 1180. The van der Waals surface area contributed by atoms with Crippen molar-refractivity contribution < 1.29 is 9.18 Å². The number of halogens is 2. The lowest BCUT2D eigenvalue weighted by molar-refractivity contribution is 0.262. The summed E-state index contributed by atoms with van der Waals surface area (Å²) in [5, 5.41) is 8.54. The minimum atomic E-state index is -0.399. The molecule has 0 aliphatic rings. The van der Waals surface area contributed by atoms with Crippen LogP contribution >= 0.6 is 22.9 Å². The van der Waals surface area contributed by atoms with Crippen LogP contribution in [0.25, 0.3) is 21.8 Å². The van der Waals surface area contributed by atoms with Crippen molar-refractivity contribution in [1.82, 2.24) is 4.98 Å². The fourth-order valence-electron chi connectivity index (χ4n) is 2.82. The smallest absolute Gasteiger partial charge is 0.308 e. The summed E-state index contributed by atoms with van der Waals surface area (Å²) in [6.45, 7) is 0. The van der Waals surface area contributed by atoms with Crippen molar-refractivity contribution in [2.24, 2.45) is 0 Å². The molecule has 1 heterocycles. The Balaban J connectivity index is 1.58. The largest absolute Gasteiger partial charge is 0.323 e. The molecule has 0 spiro atoms. The number of amides is 2. The van der Waals surface area contributed by atoms with Crippen molar-refractivity contribution >= 4 is 40.3 Å². The molecule has 144 valence electrons. The number of nitrogens with zero attached hydrogens (tertiary/aromatic N) is 1. The Morgan fingerprint density at radius 3 is 2.48 bits per heavy atom. The van der Waals surface area contributed by atoms with E-state index in [0.717, 1.165) is 5.56 Å². The van der Waals surface area contributed by atoms with E-state index in [0.29, 0.717) is 32.7 Å². The first-order valence-corrected chi connectivity index (χ1v) is 9.99. The molecule has 29 heavy (non-hydrogen) atoms. The molecule has 0 saturated heterocycles. The van der Waals surface area contributed by atoms with Crippen molar-refractivity contribution in [3.63, 3.8) is 0 Å². The van der Waals surface area contributed by atoms with Crippen LogP contribution in [0.1, 0.15) is 0 Å². The fourth-order valence-corrected chi connectivity index (χ4v) is 3.86. The molecule has 4 rings (SSSR count). The van der Waals surface area contributed by atoms with Gasteiger partial charge in [-0.1, -0.05) is 48.0 Å². The standard InChI is InChI=1S/C22H15ClFN3OS/c23-14-6-5-7-15(12-14)25-22(28)27-19-11-4-2-9-17(19)20-13-29-21(26-20)16-8-1-3-10-18(16)24/h1-13H,(H2,25,27,28). The molecule has 4 nitrogen and oxygen atoms in total. The molecule has 4 aromatic rings. The minimum absolute atomic E-state index is 0.319. The van der Waals surface area contributed by atoms with Gasteiger partial charge < -0.3 is 10.6 Å². The lowest BCUT2D eigenvalue weighted by Gasteiger charge is -2.11. The first kappa shape index (κ1) is 19.1. The second-order valence-electron chi connectivity index (χ2n) is 6.15. The van der Waals surface area contributed by atoms with E-state index >= 15 is 0 Å². The lowest BCUT2D eigenvalue weighted by Crippen LogP contribution is -2.19. The Morgan fingerprint density at radius 2 is 1.69 bits per heavy atom. The van der Waals surface area contributed by atoms with E-state index in [9.17, 15) is 9.18 Å². The van der Waals surface area contributed by atoms with Crippen LogP contribution in [0.15, 0.2) is 78.2 Å². The number of carbonyl (C=O) groups is 1. The van der Waals surface area contributed by atoms with Gasteiger partial charge in [-0.25, -0.2) is 14.2 Å². The molecular weight excluding hydrogens is 409 g/mol. The predicted molar refractivity (Wildman–Crippen MR) is 117 cm³/mol. The van der Waals surface area contributed by atoms with Gasteiger partial charge in [0.15, 0.2) is 0 Å². The van der Waals surface area contributed by atoms with Crippen LogP contribution in [0.4, 0.5) is 20.6 Å².